The Morgan fingerprint density at radius 3 is 3.06 bits per heavy atom. The van der Waals surface area contributed by atoms with E-state index < -0.39 is 0 Å². The smallest absolute Gasteiger partial charge is 0.160 e. The molecule has 3 rings (SSSR count). The van der Waals surface area contributed by atoms with E-state index in [0.717, 1.165) is 24.2 Å². The quantitative estimate of drug-likeness (QED) is 0.758. The van der Waals surface area contributed by atoms with Crippen molar-refractivity contribution in [3.8, 4) is 11.4 Å². The summed E-state index contributed by atoms with van der Waals surface area (Å²) in [6.07, 6.45) is 8.75. The molecule has 0 saturated carbocycles. The molecule has 4 heteroatoms. The number of hydrogen-bond acceptors (Lipinski definition) is 3. The van der Waals surface area contributed by atoms with Crippen LogP contribution in [0.5, 0.6) is 0 Å². The number of aryl methyl sites for hydroxylation is 1. The molecule has 0 aromatic carbocycles. The van der Waals surface area contributed by atoms with E-state index in [4.69, 9.17) is 0 Å². The van der Waals surface area contributed by atoms with Gasteiger partial charge >= 0.3 is 0 Å². The van der Waals surface area contributed by atoms with Crippen LogP contribution in [0.25, 0.3) is 11.4 Å². The summed E-state index contributed by atoms with van der Waals surface area (Å²) in [6.45, 7) is 0. The predicted molar refractivity (Wildman–Crippen MR) is 70.0 cm³/mol. The van der Waals surface area contributed by atoms with Crippen LogP contribution >= 0.6 is 15.9 Å². The minimum Gasteiger partial charge on any atom is -0.264 e. The highest BCUT2D eigenvalue weighted by molar-refractivity contribution is 9.09. The monoisotopic (exact) mass is 289 g/mol. The Labute approximate surface area is 108 Å². The molecule has 0 saturated heterocycles. The summed E-state index contributed by atoms with van der Waals surface area (Å²) in [5, 5.41) is 0. The van der Waals surface area contributed by atoms with Crippen molar-refractivity contribution in [2.75, 3.05) is 0 Å². The Kier molecular flexibility index (Phi) is 2.89. The van der Waals surface area contributed by atoms with E-state index in [9.17, 15) is 0 Å². The van der Waals surface area contributed by atoms with Crippen LogP contribution in [0, 0.1) is 0 Å². The first-order valence-electron chi connectivity index (χ1n) is 5.72. The van der Waals surface area contributed by atoms with Gasteiger partial charge in [-0.15, -0.1) is 0 Å². The molecule has 2 aromatic rings. The van der Waals surface area contributed by atoms with E-state index in [1.165, 1.54) is 17.7 Å². The van der Waals surface area contributed by atoms with Gasteiger partial charge in [-0.05, 0) is 30.5 Å². The molecular formula is C13H12BrN3. The van der Waals surface area contributed by atoms with Gasteiger partial charge in [0.15, 0.2) is 5.82 Å². The van der Waals surface area contributed by atoms with Crippen molar-refractivity contribution in [2.24, 2.45) is 0 Å². The van der Waals surface area contributed by atoms with Gasteiger partial charge in [-0.25, -0.2) is 9.97 Å². The highest BCUT2D eigenvalue weighted by Gasteiger charge is 2.18. The maximum atomic E-state index is 4.65. The van der Waals surface area contributed by atoms with Gasteiger partial charge in [-0.3, -0.25) is 4.98 Å². The highest BCUT2D eigenvalue weighted by Crippen LogP contribution is 2.25. The molecule has 0 aliphatic heterocycles. The molecule has 1 aliphatic rings. The summed E-state index contributed by atoms with van der Waals surface area (Å²) in [6, 6.07) is 3.90. The van der Waals surface area contributed by atoms with E-state index in [0.29, 0.717) is 4.83 Å². The summed E-state index contributed by atoms with van der Waals surface area (Å²) in [4.78, 5) is 13.7. The SMILES string of the molecule is BrC1CCc2cnc(-c3cccnc3)nc2C1. The number of alkyl halides is 1. The number of pyridine rings is 1. The van der Waals surface area contributed by atoms with Crippen LogP contribution in [0.1, 0.15) is 17.7 Å². The Hall–Kier alpha value is -1.29. The molecule has 1 unspecified atom stereocenters. The standard InChI is InChI=1S/C13H12BrN3/c14-11-4-3-9-8-16-13(17-12(9)6-11)10-2-1-5-15-7-10/h1-2,5,7-8,11H,3-4,6H2. The van der Waals surface area contributed by atoms with Crippen molar-refractivity contribution in [3.63, 3.8) is 0 Å². The van der Waals surface area contributed by atoms with Crippen LogP contribution in [0.2, 0.25) is 0 Å². The lowest BCUT2D eigenvalue weighted by molar-refractivity contribution is 0.687. The third-order valence-electron chi connectivity index (χ3n) is 3.02. The molecule has 0 radical (unpaired) electrons. The Balaban J connectivity index is 2.01. The molecule has 0 bridgehead atoms. The third-order valence-corrected chi connectivity index (χ3v) is 3.80. The maximum Gasteiger partial charge on any atom is 0.160 e. The van der Waals surface area contributed by atoms with Crippen LogP contribution in [0.3, 0.4) is 0 Å². The maximum absolute atomic E-state index is 4.65. The first-order chi connectivity index (χ1) is 8.33. The predicted octanol–water partition coefficient (Wildman–Crippen LogP) is 2.79. The van der Waals surface area contributed by atoms with Gasteiger partial charge in [0.05, 0.1) is 0 Å². The fourth-order valence-electron chi connectivity index (χ4n) is 2.09. The Morgan fingerprint density at radius 2 is 2.24 bits per heavy atom. The molecule has 17 heavy (non-hydrogen) atoms. The summed E-state index contributed by atoms with van der Waals surface area (Å²) >= 11 is 3.67. The molecule has 86 valence electrons. The van der Waals surface area contributed by atoms with E-state index in [-0.39, 0.29) is 0 Å². The van der Waals surface area contributed by atoms with Crippen LogP contribution < -0.4 is 0 Å². The fourth-order valence-corrected chi connectivity index (χ4v) is 2.62. The fraction of sp³-hybridized carbons (Fsp3) is 0.308. The Morgan fingerprint density at radius 1 is 1.29 bits per heavy atom. The first-order valence-corrected chi connectivity index (χ1v) is 6.64. The average molecular weight is 290 g/mol. The molecule has 1 atom stereocenters. The van der Waals surface area contributed by atoms with E-state index in [2.05, 4.69) is 30.9 Å². The van der Waals surface area contributed by atoms with E-state index in [1.807, 2.05) is 18.3 Å². The molecule has 2 aromatic heterocycles. The largest absolute Gasteiger partial charge is 0.264 e. The van der Waals surface area contributed by atoms with Crippen LogP contribution in [-0.2, 0) is 12.8 Å². The number of halogens is 1. The van der Waals surface area contributed by atoms with E-state index in [1.54, 1.807) is 12.4 Å². The van der Waals surface area contributed by atoms with Crippen molar-refractivity contribution >= 4 is 15.9 Å². The normalized spacial score (nSPS) is 18.8. The number of rotatable bonds is 1. The molecule has 1 aliphatic carbocycles. The van der Waals surface area contributed by atoms with Gasteiger partial charge in [0.25, 0.3) is 0 Å². The van der Waals surface area contributed by atoms with Crippen molar-refractivity contribution in [3.05, 3.63) is 42.0 Å². The molecule has 3 nitrogen and oxygen atoms in total. The van der Waals surface area contributed by atoms with Crippen LogP contribution in [0.15, 0.2) is 30.7 Å². The number of hydrogen-bond donors (Lipinski definition) is 0. The zero-order valence-electron chi connectivity index (χ0n) is 9.31. The lowest BCUT2D eigenvalue weighted by Crippen LogP contribution is -2.16. The van der Waals surface area contributed by atoms with Gasteiger partial charge in [0.2, 0.25) is 0 Å². The second kappa shape index (κ2) is 4.53. The topological polar surface area (TPSA) is 38.7 Å². The Bertz CT molecular complexity index is 527. The number of fused-ring (bicyclic) bond motifs is 1. The second-order valence-corrected chi connectivity index (χ2v) is 5.54. The van der Waals surface area contributed by atoms with Crippen molar-refractivity contribution in [2.45, 2.75) is 24.1 Å². The highest BCUT2D eigenvalue weighted by atomic mass is 79.9. The molecule has 2 heterocycles. The molecule has 0 N–H and O–H groups in total. The lowest BCUT2D eigenvalue weighted by atomic mass is 9.97. The van der Waals surface area contributed by atoms with Crippen molar-refractivity contribution < 1.29 is 0 Å². The zero-order chi connectivity index (χ0) is 11.7. The molecular weight excluding hydrogens is 278 g/mol. The van der Waals surface area contributed by atoms with Gasteiger partial charge in [-0.1, -0.05) is 15.9 Å². The van der Waals surface area contributed by atoms with Crippen LogP contribution in [-0.4, -0.2) is 19.8 Å². The zero-order valence-corrected chi connectivity index (χ0v) is 10.9. The van der Waals surface area contributed by atoms with Gasteiger partial charge in [0, 0.05) is 41.1 Å². The second-order valence-electron chi connectivity index (χ2n) is 4.25. The van der Waals surface area contributed by atoms with Gasteiger partial charge < -0.3 is 0 Å². The summed E-state index contributed by atoms with van der Waals surface area (Å²) < 4.78 is 0. The van der Waals surface area contributed by atoms with Gasteiger partial charge in [-0.2, -0.15) is 0 Å². The third kappa shape index (κ3) is 2.22. The van der Waals surface area contributed by atoms with E-state index >= 15 is 0 Å². The average Bonchev–Trinajstić information content (AvgIpc) is 2.39. The minimum absolute atomic E-state index is 0.548. The number of nitrogens with zero attached hydrogens (tertiary/aromatic N) is 3. The molecule has 0 spiro atoms. The lowest BCUT2D eigenvalue weighted by Gasteiger charge is -2.19. The molecule has 0 amide bonds. The molecule has 0 fully saturated rings. The summed E-state index contributed by atoms with van der Waals surface area (Å²) in [5.74, 6) is 0.776. The first kappa shape index (κ1) is 10.8. The van der Waals surface area contributed by atoms with Gasteiger partial charge in [0.1, 0.15) is 0 Å². The number of aromatic nitrogens is 3. The van der Waals surface area contributed by atoms with Crippen molar-refractivity contribution in [1.82, 2.24) is 15.0 Å². The van der Waals surface area contributed by atoms with Crippen molar-refractivity contribution in [1.29, 1.82) is 0 Å². The summed E-state index contributed by atoms with van der Waals surface area (Å²) in [5.41, 5.74) is 3.44. The summed E-state index contributed by atoms with van der Waals surface area (Å²) in [7, 11) is 0. The minimum atomic E-state index is 0.548. The van der Waals surface area contributed by atoms with Crippen LogP contribution in [0.4, 0.5) is 0 Å².